The largest absolute Gasteiger partial charge is 0.356 e. The molecular formula is C16H22FNO3S. The van der Waals surface area contributed by atoms with Crippen molar-refractivity contribution in [3.8, 4) is 0 Å². The predicted octanol–water partition coefficient (Wildman–Crippen LogP) is 2.09. The summed E-state index contributed by atoms with van der Waals surface area (Å²) in [5.41, 5.74) is 0.811. The first kappa shape index (κ1) is 16.9. The van der Waals surface area contributed by atoms with Crippen LogP contribution in [0.25, 0.3) is 0 Å². The summed E-state index contributed by atoms with van der Waals surface area (Å²) in [7, 11) is -2.81. The van der Waals surface area contributed by atoms with Crippen molar-refractivity contribution in [2.24, 2.45) is 5.92 Å². The summed E-state index contributed by atoms with van der Waals surface area (Å²) in [4.78, 5) is 11.7. The molecule has 0 bridgehead atoms. The Morgan fingerprint density at radius 3 is 2.86 bits per heavy atom. The molecule has 1 aromatic rings. The summed E-state index contributed by atoms with van der Waals surface area (Å²) < 4.78 is 35.7. The number of amides is 1. The molecule has 1 aromatic carbocycles. The maximum absolute atomic E-state index is 13.0. The number of hydrogen-bond donors (Lipinski definition) is 1. The second-order valence-electron chi connectivity index (χ2n) is 5.89. The van der Waals surface area contributed by atoms with Gasteiger partial charge in [0.15, 0.2) is 9.84 Å². The zero-order chi connectivity index (χ0) is 16.0. The van der Waals surface area contributed by atoms with Crippen LogP contribution >= 0.6 is 0 Å². The molecular weight excluding hydrogens is 305 g/mol. The monoisotopic (exact) mass is 327 g/mol. The first-order chi connectivity index (χ1) is 10.4. The van der Waals surface area contributed by atoms with Gasteiger partial charge in [-0.3, -0.25) is 4.79 Å². The number of carbonyl (C=O) groups is 1. The minimum Gasteiger partial charge on any atom is -0.356 e. The summed E-state index contributed by atoms with van der Waals surface area (Å²) in [6, 6.07) is 6.26. The highest BCUT2D eigenvalue weighted by Crippen LogP contribution is 2.22. The third-order valence-electron chi connectivity index (χ3n) is 3.97. The van der Waals surface area contributed by atoms with Crippen LogP contribution in [0.2, 0.25) is 0 Å². The number of aryl methyl sites for hydroxylation is 1. The molecule has 0 aliphatic carbocycles. The SMILES string of the molecule is O=C(CCc1cccc(F)c1)NCCCC1CCS(=O)(=O)C1. The highest BCUT2D eigenvalue weighted by Gasteiger charge is 2.27. The quantitative estimate of drug-likeness (QED) is 0.780. The van der Waals surface area contributed by atoms with Gasteiger partial charge in [-0.15, -0.1) is 0 Å². The second-order valence-corrected chi connectivity index (χ2v) is 8.12. The summed E-state index contributed by atoms with van der Waals surface area (Å²) in [6.07, 6.45) is 3.23. The van der Waals surface area contributed by atoms with E-state index < -0.39 is 9.84 Å². The highest BCUT2D eigenvalue weighted by molar-refractivity contribution is 7.91. The van der Waals surface area contributed by atoms with Crippen LogP contribution in [-0.4, -0.2) is 32.4 Å². The first-order valence-corrected chi connectivity index (χ1v) is 9.48. The van der Waals surface area contributed by atoms with Crippen molar-refractivity contribution in [1.82, 2.24) is 5.32 Å². The van der Waals surface area contributed by atoms with E-state index >= 15 is 0 Å². The van der Waals surface area contributed by atoms with Gasteiger partial charge in [-0.2, -0.15) is 0 Å². The van der Waals surface area contributed by atoms with E-state index in [9.17, 15) is 17.6 Å². The number of sulfone groups is 1. The molecule has 1 fully saturated rings. The predicted molar refractivity (Wildman–Crippen MR) is 83.7 cm³/mol. The molecule has 1 amide bonds. The number of benzene rings is 1. The van der Waals surface area contributed by atoms with Gasteiger partial charge in [0.2, 0.25) is 5.91 Å². The van der Waals surface area contributed by atoms with Crippen molar-refractivity contribution < 1.29 is 17.6 Å². The molecule has 1 aliphatic heterocycles. The molecule has 2 rings (SSSR count). The molecule has 1 aliphatic rings. The van der Waals surface area contributed by atoms with E-state index in [2.05, 4.69) is 5.32 Å². The van der Waals surface area contributed by atoms with Crippen molar-refractivity contribution >= 4 is 15.7 Å². The summed E-state index contributed by atoms with van der Waals surface area (Å²) in [6.45, 7) is 0.568. The van der Waals surface area contributed by atoms with Crippen molar-refractivity contribution in [2.45, 2.75) is 32.1 Å². The van der Waals surface area contributed by atoms with Gasteiger partial charge in [-0.25, -0.2) is 12.8 Å². The summed E-state index contributed by atoms with van der Waals surface area (Å²) in [5, 5.41) is 2.83. The van der Waals surface area contributed by atoms with Crippen LogP contribution in [0.4, 0.5) is 4.39 Å². The minimum absolute atomic E-state index is 0.0525. The summed E-state index contributed by atoms with van der Waals surface area (Å²) in [5.74, 6) is 0.500. The van der Waals surface area contributed by atoms with Crippen LogP contribution < -0.4 is 5.32 Å². The standard InChI is InChI=1S/C16H22FNO3S/c17-15-5-1-3-13(11-15)6-7-16(19)18-9-2-4-14-8-10-22(20,21)12-14/h1,3,5,11,14H,2,4,6-10,12H2,(H,18,19). The highest BCUT2D eigenvalue weighted by atomic mass is 32.2. The minimum atomic E-state index is -2.81. The molecule has 1 atom stereocenters. The van der Waals surface area contributed by atoms with Crippen LogP contribution in [0.3, 0.4) is 0 Å². The molecule has 0 spiro atoms. The third-order valence-corrected chi connectivity index (χ3v) is 5.80. The normalized spacial score (nSPS) is 20.0. The Balaban J connectivity index is 1.58. The smallest absolute Gasteiger partial charge is 0.220 e. The summed E-state index contributed by atoms with van der Waals surface area (Å²) >= 11 is 0. The van der Waals surface area contributed by atoms with Gasteiger partial charge in [0.05, 0.1) is 11.5 Å². The van der Waals surface area contributed by atoms with Gasteiger partial charge in [0.1, 0.15) is 5.82 Å². The third kappa shape index (κ3) is 5.75. The van der Waals surface area contributed by atoms with Gasteiger partial charge in [0, 0.05) is 13.0 Å². The van der Waals surface area contributed by atoms with Crippen LogP contribution in [0, 0.1) is 11.7 Å². The fourth-order valence-corrected chi connectivity index (χ4v) is 4.67. The Morgan fingerprint density at radius 1 is 1.36 bits per heavy atom. The molecule has 4 nitrogen and oxygen atoms in total. The maximum Gasteiger partial charge on any atom is 0.220 e. The number of hydrogen-bond acceptors (Lipinski definition) is 3. The number of nitrogens with one attached hydrogen (secondary N) is 1. The van der Waals surface area contributed by atoms with E-state index in [1.54, 1.807) is 12.1 Å². The molecule has 1 heterocycles. The van der Waals surface area contributed by atoms with Gasteiger partial charge in [-0.05, 0) is 49.3 Å². The average Bonchev–Trinajstić information content (AvgIpc) is 2.81. The molecule has 1 N–H and O–H groups in total. The molecule has 1 unspecified atom stereocenters. The lowest BCUT2D eigenvalue weighted by Crippen LogP contribution is -2.25. The van der Waals surface area contributed by atoms with E-state index in [0.29, 0.717) is 30.9 Å². The van der Waals surface area contributed by atoms with Crippen molar-refractivity contribution in [3.63, 3.8) is 0 Å². The fraction of sp³-hybridized carbons (Fsp3) is 0.562. The molecule has 1 saturated heterocycles. The topological polar surface area (TPSA) is 63.2 Å². The molecule has 122 valence electrons. The Kier molecular flexibility index (Phi) is 5.94. The van der Waals surface area contributed by atoms with Crippen LogP contribution in [0.15, 0.2) is 24.3 Å². The van der Waals surface area contributed by atoms with E-state index in [-0.39, 0.29) is 17.6 Å². The zero-order valence-electron chi connectivity index (χ0n) is 12.6. The number of halogens is 1. The number of carbonyl (C=O) groups excluding carboxylic acids is 1. The van der Waals surface area contributed by atoms with Crippen LogP contribution in [0.1, 0.15) is 31.2 Å². The zero-order valence-corrected chi connectivity index (χ0v) is 13.4. The Bertz CT molecular complexity index is 616. The Hall–Kier alpha value is -1.43. The average molecular weight is 327 g/mol. The van der Waals surface area contributed by atoms with Crippen molar-refractivity contribution in [1.29, 1.82) is 0 Å². The van der Waals surface area contributed by atoms with Gasteiger partial charge in [-0.1, -0.05) is 12.1 Å². The Labute approximate surface area is 131 Å². The lowest BCUT2D eigenvalue weighted by Gasteiger charge is -2.08. The van der Waals surface area contributed by atoms with E-state index in [1.807, 2.05) is 0 Å². The second kappa shape index (κ2) is 7.72. The van der Waals surface area contributed by atoms with E-state index in [1.165, 1.54) is 12.1 Å². The lowest BCUT2D eigenvalue weighted by molar-refractivity contribution is -0.121. The van der Waals surface area contributed by atoms with Crippen LogP contribution in [0.5, 0.6) is 0 Å². The molecule has 0 saturated carbocycles. The van der Waals surface area contributed by atoms with Crippen LogP contribution in [-0.2, 0) is 21.1 Å². The van der Waals surface area contributed by atoms with Gasteiger partial charge >= 0.3 is 0 Å². The molecule has 0 aromatic heterocycles. The van der Waals surface area contributed by atoms with E-state index in [4.69, 9.17) is 0 Å². The molecule has 0 radical (unpaired) electrons. The first-order valence-electron chi connectivity index (χ1n) is 7.66. The van der Waals surface area contributed by atoms with Gasteiger partial charge in [0.25, 0.3) is 0 Å². The molecule has 22 heavy (non-hydrogen) atoms. The Morgan fingerprint density at radius 2 is 2.18 bits per heavy atom. The maximum atomic E-state index is 13.0. The fourth-order valence-electron chi connectivity index (χ4n) is 2.76. The lowest BCUT2D eigenvalue weighted by atomic mass is 10.0. The van der Waals surface area contributed by atoms with E-state index in [0.717, 1.165) is 24.8 Å². The molecule has 6 heteroatoms. The van der Waals surface area contributed by atoms with Crippen molar-refractivity contribution in [3.05, 3.63) is 35.6 Å². The number of rotatable bonds is 7. The van der Waals surface area contributed by atoms with Gasteiger partial charge < -0.3 is 5.32 Å². The van der Waals surface area contributed by atoms with Crippen molar-refractivity contribution in [2.75, 3.05) is 18.1 Å².